The molecule has 0 aliphatic carbocycles. The zero-order valence-electron chi connectivity index (χ0n) is 17.6. The predicted molar refractivity (Wildman–Crippen MR) is 123 cm³/mol. The molecule has 8 nitrogen and oxygen atoms in total. The van der Waals surface area contributed by atoms with Crippen LogP contribution in [0.25, 0.3) is 11.8 Å². The van der Waals surface area contributed by atoms with Gasteiger partial charge in [0.2, 0.25) is 5.17 Å². The molecule has 0 bridgehead atoms. The van der Waals surface area contributed by atoms with Crippen LogP contribution in [0.2, 0.25) is 0 Å². The molecule has 1 aromatic carbocycles. The van der Waals surface area contributed by atoms with Gasteiger partial charge in [0.05, 0.1) is 18.8 Å². The van der Waals surface area contributed by atoms with Gasteiger partial charge < -0.3 is 14.2 Å². The number of fused-ring (bicyclic) bond motifs is 1. The van der Waals surface area contributed by atoms with Gasteiger partial charge in [0.25, 0.3) is 5.91 Å². The van der Waals surface area contributed by atoms with Gasteiger partial charge >= 0.3 is 0 Å². The zero-order valence-corrected chi connectivity index (χ0v) is 18.4. The van der Waals surface area contributed by atoms with E-state index in [9.17, 15) is 9.18 Å². The van der Waals surface area contributed by atoms with Gasteiger partial charge in [0.1, 0.15) is 5.82 Å². The minimum Gasteiger partial charge on any atom is -0.378 e. The highest BCUT2D eigenvalue weighted by Crippen LogP contribution is 2.31. The fourth-order valence-electron chi connectivity index (χ4n) is 3.94. The second-order valence-corrected chi connectivity index (χ2v) is 8.57. The first-order valence-electron chi connectivity index (χ1n) is 10.2. The maximum Gasteiger partial charge on any atom is 0.283 e. The number of aliphatic imine (C=N–C) groups is 1. The number of hydrogen-bond donors (Lipinski definition) is 1. The van der Waals surface area contributed by atoms with Crippen molar-refractivity contribution >= 4 is 39.9 Å². The number of hydrazone groups is 1. The summed E-state index contributed by atoms with van der Waals surface area (Å²) in [5, 5.41) is 15.7. The lowest BCUT2D eigenvalue weighted by atomic mass is 10.1. The average molecular weight is 453 g/mol. The highest BCUT2D eigenvalue weighted by Gasteiger charge is 2.37. The zero-order chi connectivity index (χ0) is 22.4. The minimum absolute atomic E-state index is 0.00217. The summed E-state index contributed by atoms with van der Waals surface area (Å²) in [6.45, 7) is 6.54. The first kappa shape index (κ1) is 20.7. The summed E-state index contributed by atoms with van der Waals surface area (Å²) in [6.07, 6.45) is 1.68. The third kappa shape index (κ3) is 3.55. The van der Waals surface area contributed by atoms with E-state index in [1.807, 2.05) is 24.5 Å². The van der Waals surface area contributed by atoms with E-state index in [0.29, 0.717) is 31.5 Å². The van der Waals surface area contributed by atoms with Crippen molar-refractivity contribution in [3.63, 3.8) is 0 Å². The molecule has 0 spiro atoms. The van der Waals surface area contributed by atoms with Crippen molar-refractivity contribution in [2.24, 2.45) is 10.1 Å². The Kier molecular flexibility index (Phi) is 5.18. The van der Waals surface area contributed by atoms with Crippen LogP contribution in [-0.4, -0.2) is 62.9 Å². The van der Waals surface area contributed by atoms with Crippen molar-refractivity contribution in [1.82, 2.24) is 14.5 Å². The fraction of sp³-hybridized carbons (Fsp3) is 0.273. The number of aromatic nitrogens is 1. The molecule has 4 heterocycles. The number of aryl methyl sites for hydroxylation is 1. The van der Waals surface area contributed by atoms with Gasteiger partial charge in [-0.15, -0.1) is 5.10 Å². The second kappa shape index (κ2) is 8.03. The molecular formula is C22H21FN6O2S. The largest absolute Gasteiger partial charge is 0.378 e. The van der Waals surface area contributed by atoms with Crippen LogP contribution in [0.5, 0.6) is 0 Å². The molecule has 1 N–H and O–H groups in total. The number of amides is 1. The summed E-state index contributed by atoms with van der Waals surface area (Å²) >= 11 is 1.30. The highest BCUT2D eigenvalue weighted by molar-refractivity contribution is 8.26. The molecule has 2 aromatic rings. The highest BCUT2D eigenvalue weighted by atomic mass is 32.2. The number of hydrogen-bond acceptors (Lipinski definition) is 6. The van der Waals surface area contributed by atoms with E-state index in [1.165, 1.54) is 28.9 Å². The summed E-state index contributed by atoms with van der Waals surface area (Å²) in [5.41, 5.74) is 3.62. The third-order valence-corrected chi connectivity index (χ3v) is 6.55. The molecule has 1 amide bonds. The third-order valence-electron chi connectivity index (χ3n) is 5.58. The van der Waals surface area contributed by atoms with Crippen molar-refractivity contribution in [2.75, 3.05) is 26.3 Å². The van der Waals surface area contributed by atoms with Gasteiger partial charge in [-0.05, 0) is 67.6 Å². The van der Waals surface area contributed by atoms with E-state index in [0.717, 1.165) is 27.8 Å². The molecular weight excluding hydrogens is 431 g/mol. The molecule has 1 fully saturated rings. The lowest BCUT2D eigenvalue weighted by Crippen LogP contribution is -2.39. The Morgan fingerprint density at radius 2 is 1.88 bits per heavy atom. The van der Waals surface area contributed by atoms with Crippen LogP contribution in [0.1, 0.15) is 17.0 Å². The van der Waals surface area contributed by atoms with E-state index in [-0.39, 0.29) is 17.2 Å². The predicted octanol–water partition coefficient (Wildman–Crippen LogP) is 3.14. The minimum atomic E-state index is -0.459. The maximum atomic E-state index is 13.3. The van der Waals surface area contributed by atoms with Crippen LogP contribution in [0, 0.1) is 25.1 Å². The van der Waals surface area contributed by atoms with E-state index in [2.05, 4.69) is 15.0 Å². The smallest absolute Gasteiger partial charge is 0.283 e. The summed E-state index contributed by atoms with van der Waals surface area (Å²) in [6, 6.07) is 8.18. The van der Waals surface area contributed by atoms with Crippen LogP contribution in [0.15, 0.2) is 46.0 Å². The van der Waals surface area contributed by atoms with E-state index < -0.39 is 5.91 Å². The Hall–Kier alpha value is -3.24. The number of halogens is 1. The number of morpholine rings is 1. The topological polar surface area (TPSA) is 86.3 Å². The SMILES string of the molecule is Cc1cc(/C=C2\C(=N)N3N=C(N4CCOCC4)SC3=NC2=O)c(C)n1-c1ccc(F)cc1. The van der Waals surface area contributed by atoms with Crippen LogP contribution in [-0.2, 0) is 9.53 Å². The molecule has 164 valence electrons. The Bertz CT molecular complexity index is 1210. The maximum absolute atomic E-state index is 13.3. The Balaban J connectivity index is 1.47. The van der Waals surface area contributed by atoms with Gasteiger partial charge in [-0.2, -0.15) is 10.0 Å². The fourth-order valence-corrected chi connectivity index (χ4v) is 4.89. The number of nitrogens with zero attached hydrogens (tertiary/aromatic N) is 5. The molecule has 0 unspecified atom stereocenters. The quantitative estimate of drug-likeness (QED) is 0.708. The molecule has 32 heavy (non-hydrogen) atoms. The van der Waals surface area contributed by atoms with Crippen molar-refractivity contribution in [1.29, 1.82) is 5.41 Å². The molecule has 3 aliphatic heterocycles. The summed E-state index contributed by atoms with van der Waals surface area (Å²) in [7, 11) is 0. The number of ether oxygens (including phenoxy) is 1. The number of carbonyl (C=O) groups is 1. The van der Waals surface area contributed by atoms with Gasteiger partial charge in [-0.1, -0.05) is 0 Å². The monoisotopic (exact) mass is 452 g/mol. The Morgan fingerprint density at radius 3 is 2.59 bits per heavy atom. The summed E-state index contributed by atoms with van der Waals surface area (Å²) < 4.78 is 20.7. The van der Waals surface area contributed by atoms with Crippen molar-refractivity contribution in [3.05, 3.63) is 58.7 Å². The number of carbonyl (C=O) groups excluding carboxylic acids is 1. The van der Waals surface area contributed by atoms with Crippen molar-refractivity contribution < 1.29 is 13.9 Å². The summed E-state index contributed by atoms with van der Waals surface area (Å²) in [4.78, 5) is 19.0. The first-order valence-corrected chi connectivity index (χ1v) is 11.0. The number of amidine groups is 3. The van der Waals surface area contributed by atoms with E-state index in [1.54, 1.807) is 18.2 Å². The first-order chi connectivity index (χ1) is 15.4. The Morgan fingerprint density at radius 1 is 1.16 bits per heavy atom. The molecule has 3 aliphatic rings. The standard InChI is InChI=1S/C22H21FN6O2S/c1-13-11-15(14(2)28(13)17-5-3-16(23)4-6-17)12-18-19(24)29-21(25-20(18)30)32-22(26-29)27-7-9-31-10-8-27/h3-6,11-12,24H,7-10H2,1-2H3/b18-12+,24-19?. The van der Waals surface area contributed by atoms with E-state index in [4.69, 9.17) is 10.1 Å². The van der Waals surface area contributed by atoms with Gasteiger partial charge in [-0.3, -0.25) is 10.2 Å². The van der Waals surface area contributed by atoms with Gasteiger partial charge in [0.15, 0.2) is 11.0 Å². The van der Waals surface area contributed by atoms with E-state index >= 15 is 0 Å². The number of thioether (sulfide) groups is 1. The second-order valence-electron chi connectivity index (χ2n) is 7.64. The number of rotatable bonds is 2. The Labute approximate surface area is 188 Å². The number of nitrogens with one attached hydrogen (secondary N) is 1. The van der Waals surface area contributed by atoms with Gasteiger partial charge in [-0.25, -0.2) is 4.39 Å². The lowest BCUT2D eigenvalue weighted by molar-refractivity contribution is -0.114. The number of benzene rings is 1. The molecule has 1 aromatic heterocycles. The van der Waals surface area contributed by atoms with Crippen LogP contribution in [0.4, 0.5) is 4.39 Å². The van der Waals surface area contributed by atoms with Crippen molar-refractivity contribution in [3.8, 4) is 5.69 Å². The molecule has 5 rings (SSSR count). The van der Waals surface area contributed by atoms with Crippen LogP contribution < -0.4 is 0 Å². The van der Waals surface area contributed by atoms with Crippen molar-refractivity contribution in [2.45, 2.75) is 13.8 Å². The summed E-state index contributed by atoms with van der Waals surface area (Å²) in [5.74, 6) is -0.755. The van der Waals surface area contributed by atoms with Crippen LogP contribution in [0.3, 0.4) is 0 Å². The normalized spacial score (nSPS) is 20.0. The van der Waals surface area contributed by atoms with Crippen LogP contribution >= 0.6 is 11.8 Å². The molecule has 0 atom stereocenters. The molecule has 0 saturated carbocycles. The molecule has 10 heteroatoms. The lowest BCUT2D eigenvalue weighted by Gasteiger charge is -2.26. The molecule has 0 radical (unpaired) electrons. The van der Waals surface area contributed by atoms with Gasteiger partial charge in [0, 0.05) is 30.2 Å². The average Bonchev–Trinajstić information content (AvgIpc) is 3.33. The molecule has 1 saturated heterocycles.